The van der Waals surface area contributed by atoms with Gasteiger partial charge in [-0.2, -0.15) is 5.10 Å². The number of hydrogen-bond acceptors (Lipinski definition) is 6. The average molecular weight is 340 g/mol. The maximum atomic E-state index is 11.5. The zero-order valence-corrected chi connectivity index (χ0v) is 12.6. The maximum Gasteiger partial charge on any atom is 0.324 e. The Balaban J connectivity index is 1.79. The molecule has 0 radical (unpaired) electrons. The summed E-state index contributed by atoms with van der Waals surface area (Å²) in [6, 6.07) is 9.57. The van der Waals surface area contributed by atoms with Crippen molar-refractivity contribution in [1.82, 2.24) is 5.43 Å². The molecular weight excluding hydrogens is 330 g/mol. The molecule has 1 heterocycles. The van der Waals surface area contributed by atoms with E-state index < -0.39 is 10.8 Å². The standard InChI is InChI=1S/C13H10ClN3O4S/c14-9-2-1-3-10(6-9)21-8-12(18)16-15-7-11-4-5-13(22-11)17(19)20/h1-7H,8H2,(H,16,18). The van der Waals surface area contributed by atoms with Gasteiger partial charge in [-0.15, -0.1) is 0 Å². The van der Waals surface area contributed by atoms with Crippen LogP contribution in [0.4, 0.5) is 5.00 Å². The number of carbonyl (C=O) groups excluding carboxylic acids is 1. The molecule has 22 heavy (non-hydrogen) atoms. The summed E-state index contributed by atoms with van der Waals surface area (Å²) in [7, 11) is 0. The lowest BCUT2D eigenvalue weighted by Gasteiger charge is -2.04. The van der Waals surface area contributed by atoms with Gasteiger partial charge in [0.1, 0.15) is 5.75 Å². The molecule has 0 saturated carbocycles. The zero-order chi connectivity index (χ0) is 15.9. The van der Waals surface area contributed by atoms with Gasteiger partial charge in [0.15, 0.2) is 6.61 Å². The summed E-state index contributed by atoms with van der Waals surface area (Å²) in [4.78, 5) is 22.1. The third-order valence-electron chi connectivity index (χ3n) is 2.34. The molecular formula is C13H10ClN3O4S. The second-order valence-corrected chi connectivity index (χ2v) is 5.50. The van der Waals surface area contributed by atoms with Gasteiger partial charge < -0.3 is 4.74 Å². The number of nitrogens with zero attached hydrogens (tertiary/aromatic N) is 2. The number of carbonyl (C=O) groups is 1. The van der Waals surface area contributed by atoms with Gasteiger partial charge >= 0.3 is 5.00 Å². The molecule has 0 aliphatic heterocycles. The Morgan fingerprint density at radius 3 is 2.95 bits per heavy atom. The number of nitro groups is 1. The zero-order valence-electron chi connectivity index (χ0n) is 11.1. The van der Waals surface area contributed by atoms with E-state index in [0.29, 0.717) is 15.6 Å². The van der Waals surface area contributed by atoms with Crippen LogP contribution in [0.2, 0.25) is 5.02 Å². The van der Waals surface area contributed by atoms with Crippen LogP contribution in [0, 0.1) is 10.1 Å². The largest absolute Gasteiger partial charge is 0.484 e. The predicted octanol–water partition coefficient (Wildman–Crippen LogP) is 2.84. The number of rotatable bonds is 6. The first kappa shape index (κ1) is 15.9. The summed E-state index contributed by atoms with van der Waals surface area (Å²) in [5, 5.41) is 14.7. The minimum atomic E-state index is -0.487. The van der Waals surface area contributed by atoms with E-state index in [4.69, 9.17) is 16.3 Å². The Bertz CT molecular complexity index is 717. The van der Waals surface area contributed by atoms with Gasteiger partial charge in [0.25, 0.3) is 5.91 Å². The molecule has 7 nitrogen and oxygen atoms in total. The number of halogens is 1. The number of hydrogen-bond donors (Lipinski definition) is 1. The highest BCUT2D eigenvalue weighted by molar-refractivity contribution is 7.16. The first-order valence-electron chi connectivity index (χ1n) is 5.99. The van der Waals surface area contributed by atoms with E-state index in [1.807, 2.05) is 0 Å². The minimum absolute atomic E-state index is 0.0112. The van der Waals surface area contributed by atoms with Gasteiger partial charge in [0, 0.05) is 11.1 Å². The summed E-state index contributed by atoms with van der Waals surface area (Å²) < 4.78 is 5.23. The van der Waals surface area contributed by atoms with Gasteiger partial charge in [-0.1, -0.05) is 29.0 Å². The van der Waals surface area contributed by atoms with Crippen molar-refractivity contribution in [1.29, 1.82) is 0 Å². The highest BCUT2D eigenvalue weighted by atomic mass is 35.5. The quantitative estimate of drug-likeness (QED) is 0.497. The molecule has 0 aliphatic rings. The van der Waals surface area contributed by atoms with Gasteiger partial charge in [-0.05, 0) is 24.3 Å². The molecule has 1 aromatic heterocycles. The van der Waals surface area contributed by atoms with Crippen LogP contribution in [0.5, 0.6) is 5.75 Å². The van der Waals surface area contributed by atoms with E-state index in [2.05, 4.69) is 10.5 Å². The average Bonchev–Trinajstić information content (AvgIpc) is 2.94. The fraction of sp³-hybridized carbons (Fsp3) is 0.0769. The van der Waals surface area contributed by atoms with Crippen LogP contribution in [-0.2, 0) is 4.79 Å². The predicted molar refractivity (Wildman–Crippen MR) is 83.7 cm³/mol. The smallest absolute Gasteiger partial charge is 0.324 e. The van der Waals surface area contributed by atoms with Crippen molar-refractivity contribution in [2.24, 2.45) is 5.10 Å². The molecule has 0 atom stereocenters. The lowest BCUT2D eigenvalue weighted by molar-refractivity contribution is -0.380. The van der Waals surface area contributed by atoms with Crippen molar-refractivity contribution in [2.45, 2.75) is 0 Å². The summed E-state index contributed by atoms with van der Waals surface area (Å²) >= 11 is 6.74. The number of ether oxygens (including phenoxy) is 1. The fourth-order valence-corrected chi connectivity index (χ4v) is 2.29. The van der Waals surface area contributed by atoms with Gasteiger partial charge in [0.2, 0.25) is 0 Å². The first-order valence-corrected chi connectivity index (χ1v) is 7.18. The molecule has 0 fully saturated rings. The van der Waals surface area contributed by atoms with Crippen molar-refractivity contribution < 1.29 is 14.5 Å². The van der Waals surface area contributed by atoms with Crippen molar-refractivity contribution >= 4 is 40.1 Å². The molecule has 9 heteroatoms. The first-order chi connectivity index (χ1) is 10.5. The van der Waals surface area contributed by atoms with E-state index in [1.54, 1.807) is 30.3 Å². The number of hydrazone groups is 1. The van der Waals surface area contributed by atoms with Crippen molar-refractivity contribution in [2.75, 3.05) is 6.61 Å². The molecule has 0 aliphatic carbocycles. The minimum Gasteiger partial charge on any atom is -0.484 e. The van der Waals surface area contributed by atoms with Crippen LogP contribution < -0.4 is 10.2 Å². The van der Waals surface area contributed by atoms with Crippen LogP contribution in [0.15, 0.2) is 41.5 Å². The maximum absolute atomic E-state index is 11.5. The van der Waals surface area contributed by atoms with E-state index in [0.717, 1.165) is 11.3 Å². The van der Waals surface area contributed by atoms with Crippen molar-refractivity contribution in [3.05, 3.63) is 56.4 Å². The molecule has 0 saturated heterocycles. The van der Waals surface area contributed by atoms with E-state index in [1.165, 1.54) is 12.3 Å². The van der Waals surface area contributed by atoms with Gasteiger partial charge in [-0.25, -0.2) is 5.43 Å². The number of benzene rings is 1. The summed E-state index contributed by atoms with van der Waals surface area (Å²) in [6.07, 6.45) is 1.33. The fourth-order valence-electron chi connectivity index (χ4n) is 1.42. The molecule has 0 bridgehead atoms. The molecule has 114 valence electrons. The monoisotopic (exact) mass is 339 g/mol. The van der Waals surface area contributed by atoms with Crippen LogP contribution >= 0.6 is 22.9 Å². The molecule has 1 amide bonds. The van der Waals surface area contributed by atoms with Crippen LogP contribution in [-0.4, -0.2) is 23.7 Å². The van der Waals surface area contributed by atoms with Crippen LogP contribution in [0.3, 0.4) is 0 Å². The Hall–Kier alpha value is -2.45. The highest BCUT2D eigenvalue weighted by Crippen LogP contribution is 2.22. The van der Waals surface area contributed by atoms with Crippen molar-refractivity contribution in [3.63, 3.8) is 0 Å². The molecule has 1 aromatic carbocycles. The van der Waals surface area contributed by atoms with Gasteiger partial charge in [-0.3, -0.25) is 14.9 Å². The van der Waals surface area contributed by atoms with E-state index >= 15 is 0 Å². The Kier molecular flexibility index (Phi) is 5.45. The lowest BCUT2D eigenvalue weighted by atomic mass is 10.3. The van der Waals surface area contributed by atoms with Gasteiger partial charge in [0.05, 0.1) is 16.0 Å². The van der Waals surface area contributed by atoms with E-state index in [-0.39, 0.29) is 11.6 Å². The molecule has 0 spiro atoms. The second kappa shape index (κ2) is 7.53. The summed E-state index contributed by atoms with van der Waals surface area (Å²) in [6.45, 7) is -0.220. The number of amides is 1. The Labute approximate surface area is 134 Å². The third kappa shape index (κ3) is 4.83. The molecule has 1 N–H and O–H groups in total. The molecule has 2 aromatic rings. The molecule has 0 unspecified atom stereocenters. The second-order valence-electron chi connectivity index (χ2n) is 3.97. The van der Waals surface area contributed by atoms with E-state index in [9.17, 15) is 14.9 Å². The SMILES string of the molecule is O=C(COc1cccc(Cl)c1)NN=Cc1ccc([N+](=O)[O-])s1. The highest BCUT2D eigenvalue weighted by Gasteiger charge is 2.08. The van der Waals surface area contributed by atoms with Crippen molar-refractivity contribution in [3.8, 4) is 5.75 Å². The Morgan fingerprint density at radius 2 is 2.27 bits per heavy atom. The normalized spacial score (nSPS) is 10.6. The lowest BCUT2D eigenvalue weighted by Crippen LogP contribution is -2.24. The topological polar surface area (TPSA) is 93.8 Å². The number of thiophene rings is 1. The van der Waals surface area contributed by atoms with Crippen LogP contribution in [0.25, 0.3) is 0 Å². The third-order valence-corrected chi connectivity index (χ3v) is 3.55. The molecule has 2 rings (SSSR count). The van der Waals surface area contributed by atoms with Crippen LogP contribution in [0.1, 0.15) is 4.88 Å². The summed E-state index contributed by atoms with van der Waals surface area (Å²) in [5.74, 6) is 0.0165. The summed E-state index contributed by atoms with van der Waals surface area (Å²) in [5.41, 5.74) is 2.26. The number of nitrogens with one attached hydrogen (secondary N) is 1. The Morgan fingerprint density at radius 1 is 1.45 bits per heavy atom.